The molecular weight excluding hydrogens is 532 g/mol. The number of nitrogen functional groups attached to an aromatic ring is 1. The molecule has 1 aromatic carbocycles. The van der Waals surface area contributed by atoms with Crippen LogP contribution >= 0.6 is 7.52 Å². The van der Waals surface area contributed by atoms with E-state index in [1.165, 1.54) is 27.5 Å². The summed E-state index contributed by atoms with van der Waals surface area (Å²) in [7, 11) is -1.57. The van der Waals surface area contributed by atoms with Gasteiger partial charge in [0, 0.05) is 13.7 Å². The third-order valence-electron chi connectivity index (χ3n) is 5.98. The normalized spacial score (nSPS) is 17.0. The summed E-state index contributed by atoms with van der Waals surface area (Å²) in [6.45, 7) is 5.09. The Kier molecular flexibility index (Phi) is 9.83. The first kappa shape index (κ1) is 30.2. The lowest BCUT2D eigenvalue weighted by Gasteiger charge is -2.34. The molecule has 5 atom stereocenters. The number of aromatic nitrogens is 4. The number of anilines is 2. The van der Waals surface area contributed by atoms with Crippen LogP contribution in [0.2, 0.25) is 0 Å². The lowest BCUT2D eigenvalue weighted by molar-refractivity contribution is -0.142. The number of nitrogens with two attached hydrogens (primary N) is 1. The van der Waals surface area contributed by atoms with Gasteiger partial charge in [-0.2, -0.15) is 9.97 Å². The van der Waals surface area contributed by atoms with E-state index in [4.69, 9.17) is 19.7 Å². The summed E-state index contributed by atoms with van der Waals surface area (Å²) in [5.74, 6) is -2.81. The number of para-hydroxylation sites is 1. The Morgan fingerprint density at radius 1 is 1.28 bits per heavy atom. The van der Waals surface area contributed by atoms with Gasteiger partial charge in [-0.1, -0.05) is 25.1 Å². The molecule has 0 bridgehead atoms. The molecular formula is C24H35FN7O6P. The van der Waals surface area contributed by atoms with Crippen molar-refractivity contribution < 1.29 is 32.9 Å². The van der Waals surface area contributed by atoms with E-state index < -0.39 is 43.7 Å². The summed E-state index contributed by atoms with van der Waals surface area (Å²) < 4.78 is 47.3. The number of benzene rings is 1. The molecule has 0 amide bonds. The third-order valence-corrected chi connectivity index (χ3v) is 8.11. The van der Waals surface area contributed by atoms with Crippen LogP contribution in [-0.2, 0) is 24.6 Å². The zero-order chi connectivity index (χ0) is 28.8. The van der Waals surface area contributed by atoms with E-state index in [-0.39, 0.29) is 22.9 Å². The Hall–Kier alpha value is -3.32. The second-order valence-electron chi connectivity index (χ2n) is 9.02. The van der Waals surface area contributed by atoms with Gasteiger partial charge in [-0.3, -0.25) is 13.9 Å². The number of fused-ring (bicyclic) bond motifs is 1. The topological polar surface area (TPSA) is 176 Å². The molecule has 2 aromatic heterocycles. The van der Waals surface area contributed by atoms with Gasteiger partial charge in [-0.25, -0.2) is 14.5 Å². The minimum absolute atomic E-state index is 0.0427. The molecule has 0 saturated heterocycles. The molecule has 214 valence electrons. The Morgan fingerprint density at radius 3 is 2.59 bits per heavy atom. The molecule has 15 heteroatoms. The van der Waals surface area contributed by atoms with E-state index in [0.29, 0.717) is 12.4 Å². The van der Waals surface area contributed by atoms with Crippen LogP contribution in [0.15, 0.2) is 36.7 Å². The number of imidazole rings is 1. The van der Waals surface area contributed by atoms with Crippen LogP contribution in [0.4, 0.5) is 16.2 Å². The molecule has 5 N–H and O–H groups in total. The maximum Gasteiger partial charge on any atom is 0.323 e. The van der Waals surface area contributed by atoms with Crippen molar-refractivity contribution in [2.45, 2.75) is 51.2 Å². The summed E-state index contributed by atoms with van der Waals surface area (Å²) in [4.78, 5) is 24.5. The van der Waals surface area contributed by atoms with Crippen molar-refractivity contribution >= 4 is 36.4 Å². The van der Waals surface area contributed by atoms with Crippen molar-refractivity contribution in [2.24, 2.45) is 0 Å². The Balaban J connectivity index is 1.95. The summed E-state index contributed by atoms with van der Waals surface area (Å²) in [5, 5.41) is 17.0. The van der Waals surface area contributed by atoms with Crippen molar-refractivity contribution in [3.63, 3.8) is 0 Å². The first-order valence-electron chi connectivity index (χ1n) is 12.3. The average molecular weight is 568 g/mol. The summed E-state index contributed by atoms with van der Waals surface area (Å²) in [6, 6.07) is 7.19. The summed E-state index contributed by atoms with van der Waals surface area (Å²) >= 11 is 0. The zero-order valence-corrected chi connectivity index (χ0v) is 23.4. The maximum absolute atomic E-state index is 16.4. The van der Waals surface area contributed by atoms with Crippen molar-refractivity contribution in [1.82, 2.24) is 24.6 Å². The van der Waals surface area contributed by atoms with E-state index >= 15 is 4.39 Å². The van der Waals surface area contributed by atoms with Gasteiger partial charge in [-0.15, -0.1) is 0 Å². The number of rotatable bonds is 14. The van der Waals surface area contributed by atoms with Crippen LogP contribution in [-0.4, -0.2) is 75.8 Å². The van der Waals surface area contributed by atoms with Gasteiger partial charge in [-0.05, 0) is 32.4 Å². The highest BCUT2D eigenvalue weighted by Gasteiger charge is 2.45. The second-order valence-corrected chi connectivity index (χ2v) is 11.2. The average Bonchev–Trinajstić information content (AvgIpc) is 3.34. The molecule has 3 rings (SSSR count). The Bertz CT molecular complexity index is 1310. The summed E-state index contributed by atoms with van der Waals surface area (Å²) in [5.41, 5.74) is 6.16. The third kappa shape index (κ3) is 7.01. The van der Waals surface area contributed by atoms with Crippen LogP contribution in [0.3, 0.4) is 0 Å². The van der Waals surface area contributed by atoms with Gasteiger partial charge in [0.05, 0.1) is 25.7 Å². The number of alkyl halides is 1. The molecule has 0 spiro atoms. The first-order valence-corrected chi connectivity index (χ1v) is 14.1. The summed E-state index contributed by atoms with van der Waals surface area (Å²) in [6.07, 6.45) is -1.81. The lowest BCUT2D eigenvalue weighted by Crippen LogP contribution is -2.49. The van der Waals surface area contributed by atoms with Crippen molar-refractivity contribution in [3.05, 3.63) is 36.7 Å². The van der Waals surface area contributed by atoms with Gasteiger partial charge < -0.3 is 30.2 Å². The molecule has 0 radical (unpaired) electrons. The molecule has 39 heavy (non-hydrogen) atoms. The molecule has 0 aliphatic heterocycles. The highest BCUT2D eigenvalue weighted by atomic mass is 31.2. The fourth-order valence-corrected chi connectivity index (χ4v) is 6.13. The number of aliphatic hydroxyl groups is 1. The lowest BCUT2D eigenvalue weighted by atomic mass is 10.1. The molecule has 0 fully saturated rings. The zero-order valence-electron chi connectivity index (χ0n) is 22.5. The van der Waals surface area contributed by atoms with Crippen LogP contribution in [0.1, 0.15) is 27.2 Å². The number of aliphatic hydroxyl groups excluding tert-OH is 1. The minimum Gasteiger partial charge on any atom is -0.468 e. The fourth-order valence-electron chi connectivity index (χ4n) is 3.92. The number of methoxy groups -OCH3 is 2. The smallest absolute Gasteiger partial charge is 0.323 e. The van der Waals surface area contributed by atoms with Gasteiger partial charge in [0.2, 0.25) is 11.7 Å². The van der Waals surface area contributed by atoms with Crippen LogP contribution in [0.5, 0.6) is 5.75 Å². The van der Waals surface area contributed by atoms with E-state index in [9.17, 15) is 14.5 Å². The predicted octanol–water partition coefficient (Wildman–Crippen LogP) is 2.67. The van der Waals surface area contributed by atoms with E-state index in [1.54, 1.807) is 30.3 Å². The van der Waals surface area contributed by atoms with Crippen LogP contribution in [0.25, 0.3) is 11.2 Å². The minimum atomic E-state index is -4.00. The molecule has 2 heterocycles. The highest BCUT2D eigenvalue weighted by molar-refractivity contribution is 7.57. The van der Waals surface area contributed by atoms with E-state index in [2.05, 4.69) is 25.4 Å². The monoisotopic (exact) mass is 567 g/mol. The first-order chi connectivity index (χ1) is 18.5. The van der Waals surface area contributed by atoms with E-state index in [0.717, 1.165) is 17.9 Å². The second kappa shape index (κ2) is 12.7. The van der Waals surface area contributed by atoms with Crippen LogP contribution in [0, 0.1) is 0 Å². The van der Waals surface area contributed by atoms with E-state index in [1.807, 2.05) is 6.92 Å². The standard InChI is InChI=1S/C24H35FN7O6P/c1-6-12-27-20-18-21(30-23(26)29-20)32(14-28-18)24(3,25)19(33)17(36-4)13-39(35,31-15(2)22(34)37-5)38-16-10-8-7-9-11-16/h7-11,14-15,17,19,33H,6,12-13H2,1-5H3,(H,31,35)(H3,26,27,29,30)/t15-,17+,19+,24-,39?/m0/s1. The number of hydrogen-bond donors (Lipinski definition) is 4. The Morgan fingerprint density at radius 2 is 1.97 bits per heavy atom. The molecule has 3 aromatic rings. The fraction of sp³-hybridized carbons (Fsp3) is 0.500. The maximum atomic E-state index is 16.4. The number of nitrogens with zero attached hydrogens (tertiary/aromatic N) is 4. The number of ether oxygens (including phenoxy) is 2. The molecule has 1 unspecified atom stereocenters. The molecule has 0 aliphatic carbocycles. The van der Waals surface area contributed by atoms with Crippen LogP contribution < -0.4 is 20.7 Å². The number of nitrogens with one attached hydrogen (secondary N) is 2. The predicted molar refractivity (Wildman–Crippen MR) is 144 cm³/mol. The largest absolute Gasteiger partial charge is 0.468 e. The number of carbonyl (C=O) groups is 1. The quantitative estimate of drug-likeness (QED) is 0.166. The molecule has 0 aliphatic rings. The number of esters is 1. The Labute approximate surface area is 225 Å². The number of hydrogen-bond acceptors (Lipinski definition) is 11. The van der Waals surface area contributed by atoms with Gasteiger partial charge >= 0.3 is 13.5 Å². The SMILES string of the molecule is CCCNc1nc(N)nc2c1ncn2[C@](C)(F)[C@H](O)[C@@H](CP(=O)(N[C@@H](C)C(=O)OC)Oc1ccccc1)OC. The number of halogens is 1. The van der Waals surface area contributed by atoms with Crippen molar-refractivity contribution in [1.29, 1.82) is 0 Å². The van der Waals surface area contributed by atoms with Gasteiger partial charge in [0.25, 0.3) is 0 Å². The molecule has 0 saturated carbocycles. The van der Waals surface area contributed by atoms with Gasteiger partial charge in [0.15, 0.2) is 17.0 Å². The van der Waals surface area contributed by atoms with Crippen molar-refractivity contribution in [2.75, 3.05) is 38.0 Å². The number of carbonyl (C=O) groups excluding carboxylic acids is 1. The van der Waals surface area contributed by atoms with Gasteiger partial charge in [0.1, 0.15) is 17.9 Å². The molecule has 13 nitrogen and oxygen atoms in total. The van der Waals surface area contributed by atoms with Crippen molar-refractivity contribution in [3.8, 4) is 5.75 Å². The highest BCUT2D eigenvalue weighted by Crippen LogP contribution is 2.46.